The highest BCUT2D eigenvalue weighted by atomic mass is 16.5. The van der Waals surface area contributed by atoms with Crippen LogP contribution in [-0.4, -0.2) is 24.1 Å². The lowest BCUT2D eigenvalue weighted by Crippen LogP contribution is -2.55. The van der Waals surface area contributed by atoms with Crippen LogP contribution in [0.15, 0.2) is 12.1 Å². The Bertz CT molecular complexity index is 537. The minimum atomic E-state index is -0.450. The highest BCUT2D eigenvalue weighted by molar-refractivity contribution is 5.83. The molecule has 1 aliphatic heterocycles. The predicted octanol–water partition coefficient (Wildman–Crippen LogP) is 2.49. The molecule has 1 aromatic carbocycles. The molecule has 22 heavy (non-hydrogen) atoms. The van der Waals surface area contributed by atoms with Gasteiger partial charge >= 0.3 is 0 Å². The van der Waals surface area contributed by atoms with Crippen LogP contribution in [0.25, 0.3) is 0 Å². The van der Waals surface area contributed by atoms with Crippen molar-refractivity contribution < 1.29 is 9.53 Å². The summed E-state index contributed by atoms with van der Waals surface area (Å²) in [6, 6.07) is 4.14. The van der Waals surface area contributed by atoms with Crippen molar-refractivity contribution in [1.29, 1.82) is 0 Å². The summed E-state index contributed by atoms with van der Waals surface area (Å²) in [5.41, 5.74) is 9.02. The zero-order valence-corrected chi connectivity index (χ0v) is 14.3. The first-order chi connectivity index (χ1) is 10.2. The molecule has 1 amide bonds. The Hall–Kier alpha value is -1.55. The SMILES string of the molecule is Cc1cc2c(cc1C)OC(C(=O)NC(C)(CN)CC(C)C)C2. The van der Waals surface area contributed by atoms with Crippen molar-refractivity contribution in [1.82, 2.24) is 5.32 Å². The van der Waals surface area contributed by atoms with Gasteiger partial charge in [-0.1, -0.05) is 19.9 Å². The van der Waals surface area contributed by atoms with E-state index in [1.54, 1.807) is 0 Å². The van der Waals surface area contributed by atoms with Crippen LogP contribution in [0.3, 0.4) is 0 Å². The number of nitrogens with one attached hydrogen (secondary N) is 1. The predicted molar refractivity (Wildman–Crippen MR) is 89.1 cm³/mol. The average molecular weight is 304 g/mol. The number of nitrogens with two attached hydrogens (primary N) is 1. The third kappa shape index (κ3) is 3.61. The zero-order valence-electron chi connectivity index (χ0n) is 14.3. The molecule has 2 rings (SSSR count). The molecule has 2 unspecified atom stereocenters. The van der Waals surface area contributed by atoms with E-state index in [0.717, 1.165) is 17.7 Å². The molecule has 0 aromatic heterocycles. The van der Waals surface area contributed by atoms with Gasteiger partial charge in [-0.25, -0.2) is 0 Å². The van der Waals surface area contributed by atoms with Gasteiger partial charge in [0.05, 0.1) is 0 Å². The second-order valence-electron chi connectivity index (χ2n) is 7.21. The van der Waals surface area contributed by atoms with Crippen molar-refractivity contribution in [3.63, 3.8) is 0 Å². The lowest BCUT2D eigenvalue weighted by Gasteiger charge is -2.32. The van der Waals surface area contributed by atoms with Crippen molar-refractivity contribution in [2.45, 2.75) is 59.1 Å². The molecule has 0 aliphatic carbocycles. The number of carbonyl (C=O) groups excluding carboxylic acids is 1. The highest BCUT2D eigenvalue weighted by Gasteiger charge is 2.34. The largest absolute Gasteiger partial charge is 0.480 e. The van der Waals surface area contributed by atoms with E-state index in [-0.39, 0.29) is 11.4 Å². The molecule has 0 radical (unpaired) electrons. The Morgan fingerprint density at radius 2 is 2.05 bits per heavy atom. The fourth-order valence-corrected chi connectivity index (χ4v) is 3.12. The zero-order chi connectivity index (χ0) is 16.5. The Morgan fingerprint density at radius 1 is 1.41 bits per heavy atom. The summed E-state index contributed by atoms with van der Waals surface area (Å²) in [6.45, 7) is 10.8. The van der Waals surface area contributed by atoms with Gasteiger partial charge in [-0.3, -0.25) is 4.79 Å². The molecule has 122 valence electrons. The number of amides is 1. The fourth-order valence-electron chi connectivity index (χ4n) is 3.12. The van der Waals surface area contributed by atoms with Crippen molar-refractivity contribution >= 4 is 5.91 Å². The third-order valence-electron chi connectivity index (χ3n) is 4.38. The van der Waals surface area contributed by atoms with E-state index >= 15 is 0 Å². The van der Waals surface area contributed by atoms with E-state index in [0.29, 0.717) is 18.9 Å². The third-order valence-corrected chi connectivity index (χ3v) is 4.38. The van der Waals surface area contributed by atoms with Gasteiger partial charge in [0.15, 0.2) is 6.10 Å². The van der Waals surface area contributed by atoms with E-state index in [1.165, 1.54) is 11.1 Å². The Balaban J connectivity index is 2.06. The van der Waals surface area contributed by atoms with Gasteiger partial charge < -0.3 is 15.8 Å². The Labute approximate surface area is 133 Å². The smallest absolute Gasteiger partial charge is 0.261 e. The Morgan fingerprint density at radius 3 is 2.64 bits per heavy atom. The van der Waals surface area contributed by atoms with E-state index in [9.17, 15) is 4.79 Å². The van der Waals surface area contributed by atoms with Crippen molar-refractivity contribution in [2.24, 2.45) is 11.7 Å². The minimum absolute atomic E-state index is 0.0693. The maximum absolute atomic E-state index is 12.5. The molecule has 4 heteroatoms. The number of fused-ring (bicyclic) bond motifs is 1. The first-order valence-electron chi connectivity index (χ1n) is 8.03. The molecule has 2 atom stereocenters. The highest BCUT2D eigenvalue weighted by Crippen LogP contribution is 2.31. The molecule has 0 spiro atoms. The number of hydrogen-bond acceptors (Lipinski definition) is 3. The summed E-state index contributed by atoms with van der Waals surface area (Å²) >= 11 is 0. The van der Waals surface area contributed by atoms with Crippen LogP contribution in [0.5, 0.6) is 5.75 Å². The monoisotopic (exact) mass is 304 g/mol. The van der Waals surface area contributed by atoms with Crippen LogP contribution < -0.4 is 15.8 Å². The number of rotatable bonds is 5. The minimum Gasteiger partial charge on any atom is -0.480 e. The number of hydrogen-bond donors (Lipinski definition) is 2. The van der Waals surface area contributed by atoms with Gasteiger partial charge in [0.1, 0.15) is 5.75 Å². The lowest BCUT2D eigenvalue weighted by molar-refractivity contribution is -0.129. The van der Waals surface area contributed by atoms with Crippen molar-refractivity contribution in [3.05, 3.63) is 28.8 Å². The summed E-state index contributed by atoms with van der Waals surface area (Å²) in [6.07, 6.45) is 1.03. The Kier molecular flexibility index (Phi) is 4.81. The maximum atomic E-state index is 12.5. The van der Waals surface area contributed by atoms with Crippen LogP contribution in [0, 0.1) is 19.8 Å². The quantitative estimate of drug-likeness (QED) is 0.878. The average Bonchev–Trinajstić information content (AvgIpc) is 2.81. The van der Waals surface area contributed by atoms with E-state index in [2.05, 4.69) is 39.1 Å². The molecule has 0 saturated heterocycles. The van der Waals surface area contributed by atoms with Gasteiger partial charge in [0.25, 0.3) is 5.91 Å². The molecule has 4 nitrogen and oxygen atoms in total. The van der Waals surface area contributed by atoms with Gasteiger partial charge in [-0.15, -0.1) is 0 Å². The molecule has 3 N–H and O–H groups in total. The molecule has 0 bridgehead atoms. The van der Waals surface area contributed by atoms with Crippen LogP contribution in [0.2, 0.25) is 0 Å². The molecular weight excluding hydrogens is 276 g/mol. The van der Waals surface area contributed by atoms with Crippen LogP contribution >= 0.6 is 0 Å². The van der Waals surface area contributed by atoms with Crippen molar-refractivity contribution in [3.8, 4) is 5.75 Å². The maximum Gasteiger partial charge on any atom is 0.261 e. The molecular formula is C18H28N2O2. The summed E-state index contributed by atoms with van der Waals surface area (Å²) in [4.78, 5) is 12.5. The summed E-state index contributed by atoms with van der Waals surface area (Å²) in [5, 5.41) is 3.09. The first kappa shape index (κ1) is 16.8. The number of benzene rings is 1. The van der Waals surface area contributed by atoms with E-state index in [1.807, 2.05) is 13.0 Å². The molecule has 1 aromatic rings. The molecule has 1 heterocycles. The standard InChI is InChI=1S/C18H28N2O2/c1-11(2)9-18(5,10-19)20-17(21)16-8-14-6-12(3)13(4)7-15(14)22-16/h6-7,11,16H,8-10,19H2,1-5H3,(H,20,21). The second-order valence-corrected chi connectivity index (χ2v) is 7.21. The van der Waals surface area contributed by atoms with Crippen molar-refractivity contribution in [2.75, 3.05) is 6.54 Å². The van der Waals surface area contributed by atoms with E-state index < -0.39 is 6.10 Å². The van der Waals surface area contributed by atoms with Crippen LogP contribution in [0.4, 0.5) is 0 Å². The number of ether oxygens (including phenoxy) is 1. The number of aryl methyl sites for hydroxylation is 2. The van der Waals surface area contributed by atoms with Crippen LogP contribution in [0.1, 0.15) is 43.9 Å². The molecule has 0 saturated carbocycles. The molecule has 1 aliphatic rings. The van der Waals surface area contributed by atoms with Gasteiger partial charge in [-0.2, -0.15) is 0 Å². The fraction of sp³-hybridized carbons (Fsp3) is 0.611. The second kappa shape index (κ2) is 6.29. The molecule has 0 fully saturated rings. The normalized spacial score (nSPS) is 19.5. The first-order valence-corrected chi connectivity index (χ1v) is 8.03. The van der Waals surface area contributed by atoms with Crippen LogP contribution in [-0.2, 0) is 11.2 Å². The summed E-state index contributed by atoms with van der Waals surface area (Å²) in [7, 11) is 0. The number of carbonyl (C=O) groups is 1. The van der Waals surface area contributed by atoms with Gasteiger partial charge in [-0.05, 0) is 55.9 Å². The van der Waals surface area contributed by atoms with E-state index in [4.69, 9.17) is 10.5 Å². The topological polar surface area (TPSA) is 64.3 Å². The lowest BCUT2D eigenvalue weighted by atomic mass is 9.90. The summed E-state index contributed by atoms with van der Waals surface area (Å²) in [5.74, 6) is 1.24. The van der Waals surface area contributed by atoms with Gasteiger partial charge in [0.2, 0.25) is 0 Å². The van der Waals surface area contributed by atoms with Gasteiger partial charge in [0, 0.05) is 18.5 Å². The summed E-state index contributed by atoms with van der Waals surface area (Å²) < 4.78 is 5.85.